The van der Waals surface area contributed by atoms with Crippen LogP contribution in [0.15, 0.2) is 79.0 Å². The van der Waals surface area contributed by atoms with Gasteiger partial charge in [0.2, 0.25) is 17.7 Å². The minimum absolute atomic E-state index is 0.0287. The molecule has 3 rings (SSSR count). The van der Waals surface area contributed by atoms with E-state index in [9.17, 15) is 9.59 Å². The monoisotopic (exact) mass is 428 g/mol. The molecule has 0 unspecified atom stereocenters. The number of pyridine rings is 1. The van der Waals surface area contributed by atoms with E-state index in [0.717, 1.165) is 5.56 Å². The van der Waals surface area contributed by atoms with Crippen LogP contribution in [0.5, 0.6) is 5.88 Å². The summed E-state index contributed by atoms with van der Waals surface area (Å²) in [5, 5.41) is 11.6. The van der Waals surface area contributed by atoms with Crippen LogP contribution < -0.4 is 15.0 Å². The summed E-state index contributed by atoms with van der Waals surface area (Å²) < 4.78 is 5.63. The molecule has 0 aliphatic rings. The molecule has 32 heavy (non-hydrogen) atoms. The molecule has 0 aliphatic heterocycles. The Kier molecular flexibility index (Phi) is 8.34. The number of aromatic nitrogens is 1. The lowest BCUT2D eigenvalue weighted by Crippen LogP contribution is -2.32. The van der Waals surface area contributed by atoms with E-state index in [1.165, 1.54) is 11.1 Å². The normalized spacial score (nSPS) is 10.1. The summed E-state index contributed by atoms with van der Waals surface area (Å²) in [5.74, 6) is -0.0335. The zero-order valence-corrected chi connectivity index (χ0v) is 17.6. The number of amides is 2. The van der Waals surface area contributed by atoms with E-state index in [4.69, 9.17) is 10.00 Å². The predicted octanol–water partition coefficient (Wildman–Crippen LogP) is 4.33. The van der Waals surface area contributed by atoms with E-state index in [1.807, 2.05) is 60.7 Å². The van der Waals surface area contributed by atoms with Crippen LogP contribution in [0.1, 0.15) is 24.8 Å². The maximum atomic E-state index is 12.6. The number of nitriles is 1. The molecule has 1 aromatic heterocycles. The number of ether oxygens (including phenoxy) is 1. The second-order valence-corrected chi connectivity index (χ2v) is 7.00. The quantitative estimate of drug-likeness (QED) is 0.519. The average molecular weight is 428 g/mol. The van der Waals surface area contributed by atoms with Gasteiger partial charge in [0.25, 0.3) is 0 Å². The Morgan fingerprint density at radius 3 is 2.34 bits per heavy atom. The van der Waals surface area contributed by atoms with Crippen LogP contribution in [0.4, 0.5) is 11.4 Å². The van der Waals surface area contributed by atoms with Gasteiger partial charge in [0, 0.05) is 31.1 Å². The lowest BCUT2D eigenvalue weighted by molar-refractivity contribution is -0.122. The van der Waals surface area contributed by atoms with E-state index in [0.29, 0.717) is 23.9 Å². The molecule has 2 aromatic carbocycles. The van der Waals surface area contributed by atoms with Gasteiger partial charge in [0.05, 0.1) is 24.4 Å². The van der Waals surface area contributed by atoms with Gasteiger partial charge in [0.15, 0.2) is 0 Å². The second kappa shape index (κ2) is 11.9. The van der Waals surface area contributed by atoms with Gasteiger partial charge in [-0.05, 0) is 23.8 Å². The van der Waals surface area contributed by atoms with Crippen LogP contribution in [0.3, 0.4) is 0 Å². The highest BCUT2D eigenvalue weighted by molar-refractivity contribution is 5.98. The lowest BCUT2D eigenvalue weighted by atomic mass is 10.2. The molecular weight excluding hydrogens is 404 g/mol. The third-order valence-corrected chi connectivity index (χ3v) is 4.63. The number of hydrogen-bond acceptors (Lipinski definition) is 5. The smallest absolute Gasteiger partial charge is 0.227 e. The fourth-order valence-electron chi connectivity index (χ4n) is 3.02. The van der Waals surface area contributed by atoms with Crippen LogP contribution in [0, 0.1) is 11.3 Å². The van der Waals surface area contributed by atoms with E-state index in [2.05, 4.69) is 16.4 Å². The summed E-state index contributed by atoms with van der Waals surface area (Å²) in [7, 11) is 0. The summed E-state index contributed by atoms with van der Waals surface area (Å²) in [6.45, 7) is 0.695. The molecule has 7 nitrogen and oxygen atoms in total. The Morgan fingerprint density at radius 2 is 1.69 bits per heavy atom. The second-order valence-electron chi connectivity index (χ2n) is 7.00. The summed E-state index contributed by atoms with van der Waals surface area (Å²) in [5.41, 5.74) is 2.28. The molecule has 1 heterocycles. The average Bonchev–Trinajstić information content (AvgIpc) is 2.84. The number of benzene rings is 2. The molecule has 0 fully saturated rings. The molecule has 1 N–H and O–H groups in total. The SMILES string of the molecule is N#CCCN(C(=O)CCC(=O)Nc1ccc(OCc2ccccc2)nc1)c1ccccc1. The van der Waals surface area contributed by atoms with E-state index in [-0.39, 0.29) is 37.6 Å². The van der Waals surface area contributed by atoms with Crippen molar-refractivity contribution < 1.29 is 14.3 Å². The highest BCUT2D eigenvalue weighted by Crippen LogP contribution is 2.17. The minimum Gasteiger partial charge on any atom is -0.473 e. The maximum Gasteiger partial charge on any atom is 0.227 e. The van der Waals surface area contributed by atoms with Crippen molar-refractivity contribution in [1.82, 2.24) is 4.98 Å². The highest BCUT2D eigenvalue weighted by atomic mass is 16.5. The third kappa shape index (κ3) is 6.96. The fraction of sp³-hybridized carbons (Fsp3) is 0.200. The molecule has 0 spiro atoms. The first-order chi connectivity index (χ1) is 15.7. The molecule has 0 bridgehead atoms. The summed E-state index contributed by atoms with van der Waals surface area (Å²) in [6.07, 6.45) is 1.80. The standard InChI is InChI=1S/C25H24N4O3/c26-16-7-17-29(22-10-5-2-6-11-22)25(31)15-13-23(30)28-21-12-14-24(27-18-21)32-19-20-8-3-1-4-9-20/h1-6,8-12,14,18H,7,13,15,17,19H2,(H,28,30). The van der Waals surface area contributed by atoms with E-state index >= 15 is 0 Å². The highest BCUT2D eigenvalue weighted by Gasteiger charge is 2.16. The van der Waals surface area contributed by atoms with Gasteiger partial charge < -0.3 is 15.0 Å². The Bertz CT molecular complexity index is 1050. The number of para-hydroxylation sites is 1. The fourth-order valence-corrected chi connectivity index (χ4v) is 3.02. The first-order valence-corrected chi connectivity index (χ1v) is 10.3. The van der Waals surface area contributed by atoms with Crippen LogP contribution in [-0.4, -0.2) is 23.3 Å². The third-order valence-electron chi connectivity index (χ3n) is 4.63. The van der Waals surface area contributed by atoms with Gasteiger partial charge in [-0.3, -0.25) is 9.59 Å². The molecule has 162 valence electrons. The van der Waals surface area contributed by atoms with Crippen molar-refractivity contribution in [2.75, 3.05) is 16.8 Å². The zero-order chi connectivity index (χ0) is 22.6. The molecule has 0 aliphatic carbocycles. The number of carbonyl (C=O) groups is 2. The maximum absolute atomic E-state index is 12.6. The Hall–Kier alpha value is -4.18. The number of rotatable bonds is 10. The van der Waals surface area contributed by atoms with Crippen molar-refractivity contribution in [2.24, 2.45) is 0 Å². The van der Waals surface area contributed by atoms with Crippen molar-refractivity contribution in [2.45, 2.75) is 25.9 Å². The number of nitrogens with one attached hydrogen (secondary N) is 1. The topological polar surface area (TPSA) is 95.3 Å². The zero-order valence-electron chi connectivity index (χ0n) is 17.6. The molecule has 2 amide bonds. The number of anilines is 2. The van der Waals surface area contributed by atoms with Crippen molar-refractivity contribution in [1.29, 1.82) is 5.26 Å². The van der Waals surface area contributed by atoms with E-state index < -0.39 is 0 Å². The Labute approximate surface area is 187 Å². The van der Waals surface area contributed by atoms with Crippen LogP contribution >= 0.6 is 0 Å². The first kappa shape index (κ1) is 22.5. The van der Waals surface area contributed by atoms with Crippen LogP contribution in [0.25, 0.3) is 0 Å². The number of nitrogens with zero attached hydrogens (tertiary/aromatic N) is 3. The molecule has 7 heteroatoms. The summed E-state index contributed by atoms with van der Waals surface area (Å²) in [6, 6.07) is 24.3. The van der Waals surface area contributed by atoms with Gasteiger partial charge in [-0.2, -0.15) is 5.26 Å². The molecule has 0 saturated heterocycles. The minimum atomic E-state index is -0.286. The largest absolute Gasteiger partial charge is 0.473 e. The van der Waals surface area contributed by atoms with Crippen molar-refractivity contribution in [3.8, 4) is 11.9 Å². The van der Waals surface area contributed by atoms with Gasteiger partial charge in [0.1, 0.15) is 6.61 Å². The van der Waals surface area contributed by atoms with Gasteiger partial charge >= 0.3 is 0 Å². The number of carbonyl (C=O) groups excluding carboxylic acids is 2. The Morgan fingerprint density at radius 1 is 0.969 bits per heavy atom. The van der Waals surface area contributed by atoms with Gasteiger partial charge in [-0.15, -0.1) is 0 Å². The lowest BCUT2D eigenvalue weighted by Gasteiger charge is -2.21. The molecule has 0 atom stereocenters. The van der Waals surface area contributed by atoms with Gasteiger partial charge in [-0.25, -0.2) is 4.98 Å². The Balaban J connectivity index is 1.48. The molecule has 3 aromatic rings. The summed E-state index contributed by atoms with van der Waals surface area (Å²) >= 11 is 0. The first-order valence-electron chi connectivity index (χ1n) is 10.3. The van der Waals surface area contributed by atoms with Crippen molar-refractivity contribution in [3.05, 3.63) is 84.6 Å². The van der Waals surface area contributed by atoms with Crippen molar-refractivity contribution in [3.63, 3.8) is 0 Å². The van der Waals surface area contributed by atoms with E-state index in [1.54, 1.807) is 12.1 Å². The predicted molar refractivity (Wildman–Crippen MR) is 122 cm³/mol. The van der Waals surface area contributed by atoms with Crippen molar-refractivity contribution >= 4 is 23.2 Å². The molecule has 0 saturated carbocycles. The van der Waals surface area contributed by atoms with Gasteiger partial charge in [-0.1, -0.05) is 48.5 Å². The summed E-state index contributed by atoms with van der Waals surface area (Å²) in [4.78, 5) is 30.7. The number of hydrogen-bond donors (Lipinski definition) is 1. The molecular formula is C25H24N4O3. The van der Waals surface area contributed by atoms with Crippen LogP contribution in [-0.2, 0) is 16.2 Å². The molecule has 0 radical (unpaired) electrons. The van der Waals surface area contributed by atoms with Crippen LogP contribution in [0.2, 0.25) is 0 Å².